The Morgan fingerprint density at radius 1 is 1.21 bits per heavy atom. The number of hydrogen-bond donors (Lipinski definition) is 3. The Bertz CT molecular complexity index is 445. The lowest BCUT2D eigenvalue weighted by molar-refractivity contribution is -0.121. The second-order valence-electron chi connectivity index (χ2n) is 4.24. The van der Waals surface area contributed by atoms with Crippen molar-refractivity contribution in [2.45, 2.75) is 25.9 Å². The molecule has 0 aliphatic carbocycles. The van der Waals surface area contributed by atoms with E-state index in [2.05, 4.69) is 5.32 Å². The molecule has 1 rings (SSSR count). The minimum absolute atomic E-state index is 0.0421. The molecule has 0 aromatic heterocycles. The molecule has 1 aromatic carbocycles. The van der Waals surface area contributed by atoms with E-state index >= 15 is 0 Å². The van der Waals surface area contributed by atoms with Gasteiger partial charge in [-0.05, 0) is 31.5 Å². The zero-order valence-electron chi connectivity index (χ0n) is 11.3. The number of amides is 3. The average molecular weight is 265 g/mol. The first-order valence-electron chi connectivity index (χ1n) is 5.94. The number of hydrogen-bond acceptors (Lipinski definition) is 4. The number of carbonyl (C=O) groups is 2. The van der Waals surface area contributed by atoms with Crippen molar-refractivity contribution in [3.8, 4) is 5.75 Å². The zero-order valence-corrected chi connectivity index (χ0v) is 11.3. The highest BCUT2D eigenvalue weighted by molar-refractivity contribution is 5.96. The smallest absolute Gasteiger partial charge is 0.318 e. The summed E-state index contributed by atoms with van der Waals surface area (Å²) in [4.78, 5) is 22.1. The molecule has 0 heterocycles. The molecule has 0 aliphatic rings. The van der Waals surface area contributed by atoms with Crippen LogP contribution in [-0.2, 0) is 4.79 Å². The zero-order chi connectivity index (χ0) is 14.4. The average Bonchev–Trinajstić information content (AvgIpc) is 2.37. The predicted octanol–water partition coefficient (Wildman–Crippen LogP) is 0.929. The molecular weight excluding hydrogens is 246 g/mol. The summed E-state index contributed by atoms with van der Waals surface area (Å²) in [6, 6.07) is 6.10. The van der Waals surface area contributed by atoms with Gasteiger partial charge in [0, 0.05) is 6.04 Å². The number of nitrogens with one attached hydrogen (secondary N) is 2. The minimum Gasteiger partial charge on any atom is -0.497 e. The lowest BCUT2D eigenvalue weighted by Gasteiger charge is -2.19. The molecule has 3 amide bonds. The van der Waals surface area contributed by atoms with Crippen LogP contribution < -0.4 is 21.1 Å². The van der Waals surface area contributed by atoms with Crippen LogP contribution in [0.3, 0.4) is 0 Å². The number of rotatable bonds is 5. The lowest BCUT2D eigenvalue weighted by Crippen LogP contribution is -2.47. The van der Waals surface area contributed by atoms with E-state index < -0.39 is 18.0 Å². The van der Waals surface area contributed by atoms with Crippen LogP contribution in [0.4, 0.5) is 4.79 Å². The summed E-state index contributed by atoms with van der Waals surface area (Å²) in [6.07, 6.45) is 0. The SMILES string of the molecule is COc1ccc([C@@H](C)NC(C)C(=O)NC(N)=O)cc1. The number of primary amides is 1. The fraction of sp³-hybridized carbons (Fsp3) is 0.385. The van der Waals surface area contributed by atoms with E-state index in [9.17, 15) is 9.59 Å². The monoisotopic (exact) mass is 265 g/mol. The van der Waals surface area contributed by atoms with Gasteiger partial charge in [-0.15, -0.1) is 0 Å². The molecule has 0 aliphatic heterocycles. The fourth-order valence-electron chi connectivity index (χ4n) is 1.67. The van der Waals surface area contributed by atoms with Gasteiger partial charge in [-0.1, -0.05) is 12.1 Å². The molecule has 2 atom stereocenters. The van der Waals surface area contributed by atoms with E-state index in [1.807, 2.05) is 36.5 Å². The van der Waals surface area contributed by atoms with Gasteiger partial charge in [0.25, 0.3) is 0 Å². The third-order valence-electron chi connectivity index (χ3n) is 2.76. The molecule has 1 unspecified atom stereocenters. The van der Waals surface area contributed by atoms with Crippen LogP contribution in [0.2, 0.25) is 0 Å². The molecule has 1 aromatic rings. The van der Waals surface area contributed by atoms with Gasteiger partial charge >= 0.3 is 6.03 Å². The van der Waals surface area contributed by atoms with Crippen molar-refractivity contribution in [2.75, 3.05) is 7.11 Å². The van der Waals surface area contributed by atoms with Crippen molar-refractivity contribution < 1.29 is 14.3 Å². The second kappa shape index (κ2) is 6.75. The molecule has 0 bridgehead atoms. The summed E-state index contributed by atoms with van der Waals surface area (Å²) in [5.41, 5.74) is 5.91. The summed E-state index contributed by atoms with van der Waals surface area (Å²) in [5, 5.41) is 5.11. The summed E-state index contributed by atoms with van der Waals surface area (Å²) in [7, 11) is 1.60. The molecule has 0 fully saturated rings. The van der Waals surface area contributed by atoms with Gasteiger partial charge in [-0.2, -0.15) is 0 Å². The fourth-order valence-corrected chi connectivity index (χ4v) is 1.67. The maximum Gasteiger partial charge on any atom is 0.318 e. The molecule has 6 heteroatoms. The molecule has 19 heavy (non-hydrogen) atoms. The largest absolute Gasteiger partial charge is 0.497 e. The molecule has 0 spiro atoms. The number of ether oxygens (including phenoxy) is 1. The highest BCUT2D eigenvalue weighted by Gasteiger charge is 2.17. The van der Waals surface area contributed by atoms with Crippen LogP contribution in [0.25, 0.3) is 0 Å². The van der Waals surface area contributed by atoms with E-state index in [1.54, 1.807) is 14.0 Å². The van der Waals surface area contributed by atoms with Crippen molar-refractivity contribution in [3.05, 3.63) is 29.8 Å². The maximum atomic E-state index is 11.5. The van der Waals surface area contributed by atoms with Crippen molar-refractivity contribution in [1.29, 1.82) is 0 Å². The van der Waals surface area contributed by atoms with E-state index in [4.69, 9.17) is 10.5 Å². The van der Waals surface area contributed by atoms with Crippen LogP contribution in [0.1, 0.15) is 25.5 Å². The second-order valence-corrected chi connectivity index (χ2v) is 4.24. The highest BCUT2D eigenvalue weighted by Crippen LogP contribution is 2.17. The van der Waals surface area contributed by atoms with Gasteiger partial charge in [0.15, 0.2) is 0 Å². The van der Waals surface area contributed by atoms with E-state index in [0.29, 0.717) is 0 Å². The van der Waals surface area contributed by atoms with Gasteiger partial charge in [-0.3, -0.25) is 15.4 Å². The predicted molar refractivity (Wildman–Crippen MR) is 71.7 cm³/mol. The Morgan fingerprint density at radius 3 is 2.26 bits per heavy atom. The molecule has 0 saturated heterocycles. The highest BCUT2D eigenvalue weighted by atomic mass is 16.5. The number of nitrogens with two attached hydrogens (primary N) is 1. The number of benzene rings is 1. The maximum absolute atomic E-state index is 11.5. The Labute approximate surface area is 112 Å². The standard InChI is InChI=1S/C13H19N3O3/c1-8(10-4-6-11(19-3)7-5-10)15-9(2)12(17)16-13(14)18/h4-9,15H,1-3H3,(H3,14,16,17,18)/t8-,9?/m1/s1. The van der Waals surface area contributed by atoms with Crippen LogP contribution >= 0.6 is 0 Å². The Kier molecular flexibility index (Phi) is 5.32. The first kappa shape index (κ1) is 15.0. The summed E-state index contributed by atoms with van der Waals surface area (Å²) in [6.45, 7) is 3.59. The Balaban J connectivity index is 2.60. The lowest BCUT2D eigenvalue weighted by atomic mass is 10.1. The van der Waals surface area contributed by atoms with Crippen LogP contribution in [-0.4, -0.2) is 25.1 Å². The van der Waals surface area contributed by atoms with E-state index in [1.165, 1.54) is 0 Å². The van der Waals surface area contributed by atoms with Crippen molar-refractivity contribution in [2.24, 2.45) is 5.73 Å². The van der Waals surface area contributed by atoms with Gasteiger partial charge < -0.3 is 10.5 Å². The Hall–Kier alpha value is -2.08. The van der Waals surface area contributed by atoms with Gasteiger partial charge in [-0.25, -0.2) is 4.79 Å². The topological polar surface area (TPSA) is 93.4 Å². The number of carbonyl (C=O) groups excluding carboxylic acids is 2. The quantitative estimate of drug-likeness (QED) is 0.738. The molecular formula is C13H19N3O3. The summed E-state index contributed by atoms with van der Waals surface area (Å²) in [5.74, 6) is 0.323. The first-order chi connectivity index (χ1) is 8.93. The molecule has 4 N–H and O–H groups in total. The van der Waals surface area contributed by atoms with Crippen LogP contribution in [0.5, 0.6) is 5.75 Å². The number of urea groups is 1. The van der Waals surface area contributed by atoms with Gasteiger partial charge in [0.2, 0.25) is 5.91 Å². The van der Waals surface area contributed by atoms with E-state index in [0.717, 1.165) is 11.3 Å². The number of methoxy groups -OCH3 is 1. The third-order valence-corrected chi connectivity index (χ3v) is 2.76. The molecule has 6 nitrogen and oxygen atoms in total. The van der Waals surface area contributed by atoms with Crippen molar-refractivity contribution in [3.63, 3.8) is 0 Å². The van der Waals surface area contributed by atoms with Crippen LogP contribution in [0.15, 0.2) is 24.3 Å². The normalized spacial score (nSPS) is 13.4. The van der Waals surface area contributed by atoms with Gasteiger partial charge in [0.1, 0.15) is 5.75 Å². The number of imide groups is 1. The summed E-state index contributed by atoms with van der Waals surface area (Å²) >= 11 is 0. The third kappa shape index (κ3) is 4.59. The Morgan fingerprint density at radius 2 is 1.79 bits per heavy atom. The summed E-state index contributed by atoms with van der Waals surface area (Å²) < 4.78 is 5.08. The first-order valence-corrected chi connectivity index (χ1v) is 5.94. The van der Waals surface area contributed by atoms with Gasteiger partial charge in [0.05, 0.1) is 13.2 Å². The molecule has 104 valence electrons. The van der Waals surface area contributed by atoms with E-state index in [-0.39, 0.29) is 6.04 Å². The minimum atomic E-state index is -0.851. The van der Waals surface area contributed by atoms with Crippen molar-refractivity contribution in [1.82, 2.24) is 10.6 Å². The van der Waals surface area contributed by atoms with Crippen molar-refractivity contribution >= 4 is 11.9 Å². The molecule has 0 saturated carbocycles. The molecule has 0 radical (unpaired) electrons. The van der Waals surface area contributed by atoms with Crippen LogP contribution in [0, 0.1) is 0 Å².